The molecule has 0 bridgehead atoms. The largest absolute Gasteiger partial charge is 0.383 e. The van der Waals surface area contributed by atoms with E-state index >= 15 is 0 Å². The summed E-state index contributed by atoms with van der Waals surface area (Å²) in [5, 5.41) is 4.58. The van der Waals surface area contributed by atoms with Crippen LogP contribution in [-0.2, 0) is 22.6 Å². The molecule has 1 amide bonds. The van der Waals surface area contributed by atoms with Crippen molar-refractivity contribution in [2.45, 2.75) is 52.6 Å². The van der Waals surface area contributed by atoms with Crippen LogP contribution in [0.3, 0.4) is 0 Å². The number of rotatable bonds is 9. The first-order chi connectivity index (χ1) is 12.5. The number of ether oxygens (including phenoxy) is 1. The number of carbonyl (C=O) groups is 1. The van der Waals surface area contributed by atoms with Crippen LogP contribution in [0.15, 0.2) is 4.79 Å². The van der Waals surface area contributed by atoms with Crippen LogP contribution in [0.4, 0.5) is 0 Å². The Labute approximate surface area is 155 Å². The van der Waals surface area contributed by atoms with Gasteiger partial charge >= 0.3 is 5.69 Å². The fourth-order valence-electron chi connectivity index (χ4n) is 3.60. The van der Waals surface area contributed by atoms with Gasteiger partial charge in [0.15, 0.2) is 0 Å². The summed E-state index contributed by atoms with van der Waals surface area (Å²) in [6.07, 6.45) is 1.85. The van der Waals surface area contributed by atoms with Crippen molar-refractivity contribution in [3.63, 3.8) is 0 Å². The minimum atomic E-state index is -0.0568. The lowest BCUT2D eigenvalue weighted by molar-refractivity contribution is -0.132. The molecule has 0 atom stereocenters. The Morgan fingerprint density at radius 3 is 2.42 bits per heavy atom. The van der Waals surface area contributed by atoms with E-state index in [-0.39, 0.29) is 17.5 Å². The van der Waals surface area contributed by atoms with Gasteiger partial charge in [-0.15, -0.1) is 0 Å². The molecule has 8 nitrogen and oxygen atoms in total. The number of likely N-dealkylation sites (N-methyl/N-ethyl adjacent to an activating group) is 1. The number of likely N-dealkylation sites (tertiary alicyclic amines) is 1. The monoisotopic (exact) mass is 367 g/mol. The molecule has 0 unspecified atom stereocenters. The third-order valence-electron chi connectivity index (χ3n) is 5.20. The lowest BCUT2D eigenvalue weighted by Gasteiger charge is -2.32. The second-order valence-corrected chi connectivity index (χ2v) is 6.72. The van der Waals surface area contributed by atoms with E-state index in [0.717, 1.165) is 44.8 Å². The molecule has 8 heteroatoms. The van der Waals surface area contributed by atoms with Gasteiger partial charge in [0.05, 0.1) is 19.7 Å². The standard InChI is InChI=1S/C18H33N5O3/c1-5-21(6-2)16(24)14-20-10-8-15(9-11-20)17-19-23(12-13-26-4)18(25)22(17)7-3/h15H,5-14H2,1-4H3. The first kappa shape index (κ1) is 20.6. The van der Waals surface area contributed by atoms with Gasteiger partial charge in [-0.05, 0) is 46.7 Å². The molecule has 1 aliphatic rings. The van der Waals surface area contributed by atoms with Crippen molar-refractivity contribution < 1.29 is 9.53 Å². The van der Waals surface area contributed by atoms with Crippen molar-refractivity contribution in [2.24, 2.45) is 0 Å². The molecule has 0 spiro atoms. The van der Waals surface area contributed by atoms with Gasteiger partial charge in [0.2, 0.25) is 5.91 Å². The Hall–Kier alpha value is -1.67. The van der Waals surface area contributed by atoms with E-state index in [1.165, 1.54) is 4.68 Å². The van der Waals surface area contributed by atoms with Gasteiger partial charge in [0, 0.05) is 32.7 Å². The quantitative estimate of drug-likeness (QED) is 0.644. The maximum atomic E-state index is 12.5. The van der Waals surface area contributed by atoms with Gasteiger partial charge in [0.25, 0.3) is 0 Å². The number of carbonyl (C=O) groups excluding carboxylic acids is 1. The van der Waals surface area contributed by atoms with Gasteiger partial charge in [-0.3, -0.25) is 14.3 Å². The number of methoxy groups -OCH3 is 1. The molecule has 1 fully saturated rings. The Morgan fingerprint density at radius 1 is 1.23 bits per heavy atom. The van der Waals surface area contributed by atoms with E-state index in [1.807, 2.05) is 25.7 Å². The van der Waals surface area contributed by atoms with Crippen LogP contribution in [0.1, 0.15) is 45.4 Å². The first-order valence-electron chi connectivity index (χ1n) is 9.72. The minimum Gasteiger partial charge on any atom is -0.383 e. The highest BCUT2D eigenvalue weighted by Crippen LogP contribution is 2.26. The predicted molar refractivity (Wildman–Crippen MR) is 100 cm³/mol. The number of aromatic nitrogens is 3. The highest BCUT2D eigenvalue weighted by Gasteiger charge is 2.27. The van der Waals surface area contributed by atoms with Crippen molar-refractivity contribution in [1.82, 2.24) is 24.1 Å². The van der Waals surface area contributed by atoms with Gasteiger partial charge < -0.3 is 9.64 Å². The summed E-state index contributed by atoms with van der Waals surface area (Å²) in [5.41, 5.74) is -0.0568. The SMILES string of the molecule is CCN(CC)C(=O)CN1CCC(c2nn(CCOC)c(=O)n2CC)CC1. The highest BCUT2D eigenvalue weighted by atomic mass is 16.5. The molecule has 2 heterocycles. The third kappa shape index (κ3) is 4.73. The van der Waals surface area contributed by atoms with Crippen LogP contribution in [0.5, 0.6) is 0 Å². The summed E-state index contributed by atoms with van der Waals surface area (Å²) >= 11 is 0. The van der Waals surface area contributed by atoms with E-state index < -0.39 is 0 Å². The smallest absolute Gasteiger partial charge is 0.345 e. The van der Waals surface area contributed by atoms with E-state index in [4.69, 9.17) is 4.74 Å². The van der Waals surface area contributed by atoms with Crippen LogP contribution in [0.2, 0.25) is 0 Å². The van der Waals surface area contributed by atoms with Crippen LogP contribution in [0, 0.1) is 0 Å². The maximum Gasteiger partial charge on any atom is 0.345 e. The minimum absolute atomic E-state index is 0.0568. The van der Waals surface area contributed by atoms with Crippen molar-refractivity contribution in [1.29, 1.82) is 0 Å². The molecule has 0 saturated carbocycles. The number of nitrogens with zero attached hydrogens (tertiary/aromatic N) is 5. The molecule has 26 heavy (non-hydrogen) atoms. The topological polar surface area (TPSA) is 72.6 Å². The number of hydrogen-bond acceptors (Lipinski definition) is 5. The maximum absolute atomic E-state index is 12.5. The molecule has 1 aromatic heterocycles. The Morgan fingerprint density at radius 2 is 1.88 bits per heavy atom. The Bertz CT molecular complexity index is 627. The zero-order valence-electron chi connectivity index (χ0n) is 16.6. The summed E-state index contributed by atoms with van der Waals surface area (Å²) in [6, 6.07) is 0. The van der Waals surface area contributed by atoms with E-state index in [1.54, 1.807) is 11.7 Å². The van der Waals surface area contributed by atoms with Crippen molar-refractivity contribution >= 4 is 5.91 Å². The molecule has 0 radical (unpaired) electrons. The summed E-state index contributed by atoms with van der Waals surface area (Å²) in [5.74, 6) is 1.34. The number of amides is 1. The molecule has 1 aromatic rings. The lowest BCUT2D eigenvalue weighted by Crippen LogP contribution is -2.43. The number of piperidine rings is 1. The predicted octanol–water partition coefficient (Wildman–Crippen LogP) is 0.759. The van der Waals surface area contributed by atoms with Crippen LogP contribution < -0.4 is 5.69 Å². The molecular formula is C18H33N5O3. The van der Waals surface area contributed by atoms with Gasteiger partial charge in [-0.2, -0.15) is 5.10 Å². The average molecular weight is 367 g/mol. The molecule has 1 aliphatic heterocycles. The van der Waals surface area contributed by atoms with Crippen LogP contribution in [-0.4, -0.2) is 76.5 Å². The average Bonchev–Trinajstić information content (AvgIpc) is 2.97. The van der Waals surface area contributed by atoms with Gasteiger partial charge in [-0.25, -0.2) is 9.48 Å². The second-order valence-electron chi connectivity index (χ2n) is 6.72. The van der Waals surface area contributed by atoms with E-state index in [2.05, 4.69) is 10.00 Å². The van der Waals surface area contributed by atoms with E-state index in [0.29, 0.717) is 26.2 Å². The van der Waals surface area contributed by atoms with Crippen LogP contribution in [0.25, 0.3) is 0 Å². The van der Waals surface area contributed by atoms with Crippen molar-refractivity contribution in [3.05, 3.63) is 16.3 Å². The summed E-state index contributed by atoms with van der Waals surface area (Å²) in [6.45, 7) is 11.3. The zero-order chi connectivity index (χ0) is 19.1. The van der Waals surface area contributed by atoms with Crippen molar-refractivity contribution in [2.75, 3.05) is 46.4 Å². The lowest BCUT2D eigenvalue weighted by atomic mass is 9.96. The summed E-state index contributed by atoms with van der Waals surface area (Å²) in [7, 11) is 1.62. The zero-order valence-corrected chi connectivity index (χ0v) is 16.6. The molecule has 0 aliphatic carbocycles. The molecule has 0 N–H and O–H groups in total. The molecule has 2 rings (SSSR count). The fourth-order valence-corrected chi connectivity index (χ4v) is 3.60. The highest BCUT2D eigenvalue weighted by molar-refractivity contribution is 5.78. The third-order valence-corrected chi connectivity index (χ3v) is 5.20. The van der Waals surface area contributed by atoms with Gasteiger partial charge in [-0.1, -0.05) is 0 Å². The summed E-state index contributed by atoms with van der Waals surface area (Å²) < 4.78 is 8.35. The molecule has 148 valence electrons. The second kappa shape index (κ2) is 9.87. The van der Waals surface area contributed by atoms with Crippen molar-refractivity contribution in [3.8, 4) is 0 Å². The van der Waals surface area contributed by atoms with Gasteiger partial charge in [0.1, 0.15) is 5.82 Å². The normalized spacial score (nSPS) is 16.2. The molecular weight excluding hydrogens is 334 g/mol. The Balaban J connectivity index is 1.99. The fraction of sp³-hybridized carbons (Fsp3) is 0.833. The summed E-state index contributed by atoms with van der Waals surface area (Å²) in [4.78, 5) is 28.8. The molecule has 1 saturated heterocycles. The molecule has 0 aromatic carbocycles. The van der Waals surface area contributed by atoms with Crippen LogP contribution >= 0.6 is 0 Å². The van der Waals surface area contributed by atoms with E-state index in [9.17, 15) is 9.59 Å². The number of hydrogen-bond donors (Lipinski definition) is 0. The Kier molecular flexibility index (Phi) is 7.84. The first-order valence-corrected chi connectivity index (χ1v) is 9.72.